The van der Waals surface area contributed by atoms with E-state index < -0.39 is 10.0 Å². The van der Waals surface area contributed by atoms with E-state index in [9.17, 15) is 13.2 Å². The van der Waals surface area contributed by atoms with E-state index in [1.807, 2.05) is 31.4 Å². The minimum absolute atomic E-state index is 0.0699. The molecule has 0 bridgehead atoms. The Labute approximate surface area is 140 Å². The van der Waals surface area contributed by atoms with Gasteiger partial charge in [-0.25, -0.2) is 13.1 Å². The average molecular weight is 345 g/mol. The molecule has 24 heavy (non-hydrogen) atoms. The second kappa shape index (κ2) is 6.62. The highest BCUT2D eigenvalue weighted by molar-refractivity contribution is 7.88. The van der Waals surface area contributed by atoms with Crippen molar-refractivity contribution < 1.29 is 8.42 Å². The maximum absolute atomic E-state index is 12.4. The van der Waals surface area contributed by atoms with Gasteiger partial charge in [0, 0.05) is 37.9 Å². The predicted molar refractivity (Wildman–Crippen MR) is 94.2 cm³/mol. The van der Waals surface area contributed by atoms with Crippen LogP contribution in [0.15, 0.2) is 59.7 Å². The molecule has 0 radical (unpaired) electrons. The van der Waals surface area contributed by atoms with Gasteiger partial charge in [-0.2, -0.15) is 0 Å². The molecule has 0 fully saturated rings. The molecule has 2 aromatic heterocycles. The molecule has 2 heterocycles. The van der Waals surface area contributed by atoms with E-state index in [2.05, 4.69) is 4.72 Å². The zero-order chi connectivity index (χ0) is 17.2. The lowest BCUT2D eigenvalue weighted by molar-refractivity contribution is 0.570. The van der Waals surface area contributed by atoms with Crippen LogP contribution in [0.3, 0.4) is 0 Å². The Kier molecular flexibility index (Phi) is 4.55. The highest BCUT2D eigenvalue weighted by Gasteiger charge is 2.11. The fourth-order valence-electron chi connectivity index (χ4n) is 2.67. The van der Waals surface area contributed by atoms with Gasteiger partial charge in [0.2, 0.25) is 10.0 Å². The van der Waals surface area contributed by atoms with Gasteiger partial charge >= 0.3 is 0 Å². The number of nitrogens with one attached hydrogen (secondary N) is 1. The van der Waals surface area contributed by atoms with E-state index >= 15 is 0 Å². The molecule has 1 aromatic carbocycles. The van der Waals surface area contributed by atoms with Crippen molar-refractivity contribution in [2.75, 3.05) is 6.54 Å². The molecule has 1 N–H and O–H groups in total. The van der Waals surface area contributed by atoms with E-state index in [1.165, 1.54) is 4.57 Å². The van der Waals surface area contributed by atoms with Gasteiger partial charge in [-0.1, -0.05) is 30.3 Å². The summed E-state index contributed by atoms with van der Waals surface area (Å²) >= 11 is 0. The number of aryl methyl sites for hydroxylation is 1. The van der Waals surface area contributed by atoms with E-state index in [-0.39, 0.29) is 24.4 Å². The summed E-state index contributed by atoms with van der Waals surface area (Å²) < 4.78 is 30.0. The molecule has 3 aromatic rings. The van der Waals surface area contributed by atoms with Crippen molar-refractivity contribution in [3.05, 3.63) is 70.8 Å². The first-order chi connectivity index (χ1) is 11.5. The molecule has 0 aliphatic rings. The summed E-state index contributed by atoms with van der Waals surface area (Å²) in [6.07, 6.45) is 3.52. The molecular weight excluding hydrogens is 326 g/mol. The van der Waals surface area contributed by atoms with Gasteiger partial charge in [0.05, 0.1) is 5.75 Å². The van der Waals surface area contributed by atoms with E-state index in [0.29, 0.717) is 5.52 Å². The number of hydrogen-bond acceptors (Lipinski definition) is 3. The van der Waals surface area contributed by atoms with Crippen molar-refractivity contribution in [1.29, 1.82) is 0 Å². The Morgan fingerprint density at radius 1 is 1.04 bits per heavy atom. The fraction of sp³-hybridized carbons (Fsp3) is 0.235. The number of fused-ring (bicyclic) bond motifs is 1. The number of rotatable bonds is 6. The van der Waals surface area contributed by atoms with Gasteiger partial charge in [-0.15, -0.1) is 0 Å². The van der Waals surface area contributed by atoms with Crippen molar-refractivity contribution in [3.8, 4) is 0 Å². The van der Waals surface area contributed by atoms with Crippen LogP contribution in [0.25, 0.3) is 10.9 Å². The van der Waals surface area contributed by atoms with Crippen molar-refractivity contribution >= 4 is 20.9 Å². The van der Waals surface area contributed by atoms with E-state index in [4.69, 9.17) is 0 Å². The molecule has 0 aliphatic carbocycles. The van der Waals surface area contributed by atoms with Crippen LogP contribution in [-0.2, 0) is 29.4 Å². The topological polar surface area (TPSA) is 73.1 Å². The Hall–Kier alpha value is -2.38. The monoisotopic (exact) mass is 345 g/mol. The fourth-order valence-corrected chi connectivity index (χ4v) is 3.81. The molecule has 0 spiro atoms. The second-order valence-corrected chi connectivity index (χ2v) is 7.49. The van der Waals surface area contributed by atoms with E-state index in [1.54, 1.807) is 35.0 Å². The highest BCUT2D eigenvalue weighted by Crippen LogP contribution is 2.09. The van der Waals surface area contributed by atoms with Gasteiger partial charge < -0.3 is 9.13 Å². The normalized spacial score (nSPS) is 11.9. The summed E-state index contributed by atoms with van der Waals surface area (Å²) in [5, 5.41) is 0.878. The molecule has 7 heteroatoms. The number of hydrogen-bond donors (Lipinski definition) is 1. The largest absolute Gasteiger partial charge is 0.346 e. The van der Waals surface area contributed by atoms with Crippen LogP contribution in [0.1, 0.15) is 5.56 Å². The molecule has 0 saturated carbocycles. The molecule has 6 nitrogen and oxygen atoms in total. The van der Waals surface area contributed by atoms with Crippen LogP contribution in [0.2, 0.25) is 0 Å². The molecule has 3 rings (SSSR count). The number of aromatic nitrogens is 2. The Morgan fingerprint density at radius 3 is 2.50 bits per heavy atom. The average Bonchev–Trinajstić information content (AvgIpc) is 2.92. The predicted octanol–water partition coefficient (Wildman–Crippen LogP) is 1.46. The third-order valence-electron chi connectivity index (χ3n) is 3.88. The van der Waals surface area contributed by atoms with Crippen LogP contribution in [0.5, 0.6) is 0 Å². The van der Waals surface area contributed by atoms with Crippen LogP contribution < -0.4 is 10.3 Å². The maximum atomic E-state index is 12.4. The molecule has 0 saturated heterocycles. The lowest BCUT2D eigenvalue weighted by Crippen LogP contribution is -2.31. The third-order valence-corrected chi connectivity index (χ3v) is 5.23. The van der Waals surface area contributed by atoms with Crippen LogP contribution in [0, 0.1) is 0 Å². The first-order valence-corrected chi connectivity index (χ1v) is 9.27. The molecular formula is C17H19N3O3S. The zero-order valence-electron chi connectivity index (χ0n) is 13.3. The summed E-state index contributed by atoms with van der Waals surface area (Å²) in [6, 6.07) is 12.7. The van der Waals surface area contributed by atoms with Crippen LogP contribution in [-0.4, -0.2) is 24.1 Å². The van der Waals surface area contributed by atoms with E-state index in [0.717, 1.165) is 10.9 Å². The Bertz CT molecular complexity index is 1000. The summed E-state index contributed by atoms with van der Waals surface area (Å²) in [4.78, 5) is 12.4. The molecule has 126 valence electrons. The van der Waals surface area contributed by atoms with Crippen molar-refractivity contribution in [2.24, 2.45) is 7.05 Å². The van der Waals surface area contributed by atoms with Crippen molar-refractivity contribution in [1.82, 2.24) is 13.9 Å². The van der Waals surface area contributed by atoms with Gasteiger partial charge in [-0.05, 0) is 17.7 Å². The Balaban J connectivity index is 1.67. The number of nitrogens with zero attached hydrogens (tertiary/aromatic N) is 2. The van der Waals surface area contributed by atoms with Crippen molar-refractivity contribution in [2.45, 2.75) is 12.3 Å². The number of sulfonamides is 1. The number of benzene rings is 1. The van der Waals surface area contributed by atoms with Gasteiger partial charge in [0.15, 0.2) is 0 Å². The minimum atomic E-state index is -3.43. The first-order valence-electron chi connectivity index (χ1n) is 7.62. The van der Waals surface area contributed by atoms with Crippen LogP contribution >= 0.6 is 0 Å². The third kappa shape index (κ3) is 3.58. The maximum Gasteiger partial charge on any atom is 0.275 e. The van der Waals surface area contributed by atoms with Gasteiger partial charge in [-0.3, -0.25) is 4.79 Å². The van der Waals surface area contributed by atoms with Crippen molar-refractivity contribution in [3.63, 3.8) is 0 Å². The quantitative estimate of drug-likeness (QED) is 0.735. The lowest BCUT2D eigenvalue weighted by Gasteiger charge is -2.09. The lowest BCUT2D eigenvalue weighted by atomic mass is 10.2. The molecule has 0 atom stereocenters. The van der Waals surface area contributed by atoms with Crippen LogP contribution in [0.4, 0.5) is 0 Å². The molecule has 0 aliphatic heterocycles. The molecule has 0 amide bonds. The summed E-state index contributed by atoms with van der Waals surface area (Å²) in [5.74, 6) is -0.0699. The second-order valence-electron chi connectivity index (χ2n) is 5.68. The SMILES string of the molecule is Cn1ccc2ccn(CCNS(=O)(=O)Cc3ccccc3)c(=O)c21. The molecule has 0 unspecified atom stereocenters. The summed E-state index contributed by atoms with van der Waals surface area (Å²) in [6.45, 7) is 0.457. The minimum Gasteiger partial charge on any atom is -0.346 e. The van der Waals surface area contributed by atoms with Gasteiger partial charge in [0.25, 0.3) is 5.56 Å². The smallest absolute Gasteiger partial charge is 0.275 e. The zero-order valence-corrected chi connectivity index (χ0v) is 14.2. The van der Waals surface area contributed by atoms with Gasteiger partial charge in [0.1, 0.15) is 5.52 Å². The summed E-state index contributed by atoms with van der Waals surface area (Å²) in [7, 11) is -1.61. The standard InChI is InChI=1S/C17H19N3O3S/c1-19-10-7-15-8-11-20(17(21)16(15)19)12-9-18-24(22,23)13-14-5-3-2-4-6-14/h2-8,10-11,18H,9,12-13H2,1H3. The highest BCUT2D eigenvalue weighted by atomic mass is 32.2. The Morgan fingerprint density at radius 2 is 1.75 bits per heavy atom. The first kappa shape index (κ1) is 16.5. The number of pyridine rings is 1. The summed E-state index contributed by atoms with van der Waals surface area (Å²) in [5.41, 5.74) is 1.22.